The average molecular weight is 272 g/mol. The Hall–Kier alpha value is -1.68. The molecule has 2 heterocycles. The van der Waals surface area contributed by atoms with Crippen LogP contribution in [-0.2, 0) is 0 Å². The third kappa shape index (κ3) is 2.40. The summed E-state index contributed by atoms with van der Waals surface area (Å²) in [4.78, 5) is 18.9. The topological polar surface area (TPSA) is 33.2 Å². The van der Waals surface area contributed by atoms with Crippen molar-refractivity contribution in [2.45, 2.75) is 19.8 Å². The molecule has 1 aromatic heterocycles. The molecule has 0 N–H and O–H groups in total. The highest BCUT2D eigenvalue weighted by Gasteiger charge is 2.19. The number of anilines is 1. The summed E-state index contributed by atoms with van der Waals surface area (Å²) in [6.07, 6.45) is 3.36. The van der Waals surface area contributed by atoms with Crippen molar-refractivity contribution >= 4 is 22.8 Å². The van der Waals surface area contributed by atoms with Crippen LogP contribution in [0.1, 0.15) is 28.1 Å². The van der Waals surface area contributed by atoms with E-state index < -0.39 is 0 Å². The van der Waals surface area contributed by atoms with E-state index in [0.29, 0.717) is 0 Å². The van der Waals surface area contributed by atoms with Gasteiger partial charge in [-0.05, 0) is 19.8 Å². The highest BCUT2D eigenvalue weighted by Crippen LogP contribution is 2.33. The van der Waals surface area contributed by atoms with Gasteiger partial charge in [0.2, 0.25) is 0 Å². The van der Waals surface area contributed by atoms with Crippen LogP contribution in [0.5, 0.6) is 0 Å². The number of carbonyl (C=O) groups excluding carboxylic acids is 1. The van der Waals surface area contributed by atoms with E-state index in [9.17, 15) is 4.79 Å². The van der Waals surface area contributed by atoms with Crippen LogP contribution < -0.4 is 4.90 Å². The van der Waals surface area contributed by atoms with Crippen molar-refractivity contribution in [1.29, 1.82) is 0 Å². The second kappa shape index (κ2) is 5.13. The lowest BCUT2D eigenvalue weighted by atomic mass is 10.1. The van der Waals surface area contributed by atoms with Gasteiger partial charge in [-0.3, -0.25) is 4.79 Å². The molecular formula is C15H16N2OS. The van der Waals surface area contributed by atoms with Gasteiger partial charge in [0.05, 0.1) is 10.6 Å². The van der Waals surface area contributed by atoms with Gasteiger partial charge < -0.3 is 4.90 Å². The molecule has 0 saturated carbocycles. The zero-order valence-corrected chi connectivity index (χ0v) is 11.7. The lowest BCUT2D eigenvalue weighted by molar-refractivity contribution is 0.112. The molecule has 4 heteroatoms. The molecule has 19 heavy (non-hydrogen) atoms. The smallest absolute Gasteiger partial charge is 0.186 e. The molecule has 1 fully saturated rings. The van der Waals surface area contributed by atoms with Crippen molar-refractivity contribution in [3.63, 3.8) is 0 Å². The second-order valence-electron chi connectivity index (χ2n) is 4.89. The van der Waals surface area contributed by atoms with E-state index >= 15 is 0 Å². The summed E-state index contributed by atoms with van der Waals surface area (Å²) < 4.78 is 0. The zero-order chi connectivity index (χ0) is 13.2. The van der Waals surface area contributed by atoms with E-state index in [4.69, 9.17) is 0 Å². The molecule has 1 aliphatic heterocycles. The van der Waals surface area contributed by atoms with E-state index in [-0.39, 0.29) is 0 Å². The zero-order valence-electron chi connectivity index (χ0n) is 10.9. The van der Waals surface area contributed by atoms with Gasteiger partial charge in [0, 0.05) is 18.7 Å². The summed E-state index contributed by atoms with van der Waals surface area (Å²) in [6, 6.07) is 8.17. The minimum Gasteiger partial charge on any atom is -0.348 e. The van der Waals surface area contributed by atoms with Gasteiger partial charge in [0.1, 0.15) is 0 Å². The molecule has 0 aliphatic carbocycles. The second-order valence-corrected chi connectivity index (χ2v) is 5.90. The summed E-state index contributed by atoms with van der Waals surface area (Å²) in [6.45, 7) is 4.17. The molecule has 0 radical (unpaired) electrons. The third-order valence-corrected chi connectivity index (χ3v) is 4.49. The van der Waals surface area contributed by atoms with Crippen molar-refractivity contribution in [3.05, 3.63) is 34.7 Å². The Morgan fingerprint density at radius 3 is 2.53 bits per heavy atom. The Morgan fingerprint density at radius 1 is 1.21 bits per heavy atom. The first-order valence-corrected chi connectivity index (χ1v) is 7.37. The van der Waals surface area contributed by atoms with Crippen LogP contribution in [0, 0.1) is 6.92 Å². The maximum absolute atomic E-state index is 11.2. The Balaban J connectivity index is 2.00. The van der Waals surface area contributed by atoms with Crippen molar-refractivity contribution in [2.24, 2.45) is 0 Å². The van der Waals surface area contributed by atoms with Gasteiger partial charge in [-0.1, -0.05) is 41.2 Å². The molecule has 0 spiro atoms. The van der Waals surface area contributed by atoms with Crippen molar-refractivity contribution in [1.82, 2.24) is 4.98 Å². The lowest BCUT2D eigenvalue weighted by Crippen LogP contribution is -2.17. The first kappa shape index (κ1) is 12.4. The fourth-order valence-corrected chi connectivity index (χ4v) is 3.32. The number of carbonyl (C=O) groups is 1. The summed E-state index contributed by atoms with van der Waals surface area (Å²) in [5.74, 6) is 0. The molecule has 1 saturated heterocycles. The number of hydrogen-bond donors (Lipinski definition) is 0. The SMILES string of the molecule is Cc1ccc(-c2nc(N3CCCC3)sc2C=O)cc1. The van der Waals surface area contributed by atoms with Crippen LogP contribution in [0.4, 0.5) is 5.13 Å². The van der Waals surface area contributed by atoms with Crippen molar-refractivity contribution in [2.75, 3.05) is 18.0 Å². The van der Waals surface area contributed by atoms with Crippen molar-refractivity contribution < 1.29 is 4.79 Å². The predicted molar refractivity (Wildman–Crippen MR) is 79.1 cm³/mol. The molecule has 2 aromatic rings. The Kier molecular flexibility index (Phi) is 3.34. The van der Waals surface area contributed by atoms with Gasteiger partial charge in [-0.2, -0.15) is 0 Å². The number of nitrogens with zero attached hydrogens (tertiary/aromatic N) is 2. The maximum atomic E-state index is 11.2. The molecule has 0 atom stereocenters. The fourth-order valence-electron chi connectivity index (χ4n) is 2.36. The normalized spacial score (nSPS) is 14.9. The number of aryl methyl sites for hydroxylation is 1. The number of aromatic nitrogens is 1. The largest absolute Gasteiger partial charge is 0.348 e. The van der Waals surface area contributed by atoms with E-state index in [1.807, 2.05) is 12.1 Å². The standard InChI is InChI=1S/C15H16N2OS/c1-11-4-6-12(7-5-11)14-13(10-18)19-15(16-14)17-8-2-3-9-17/h4-7,10H,2-3,8-9H2,1H3. The summed E-state index contributed by atoms with van der Waals surface area (Å²) in [7, 11) is 0. The van der Waals surface area contributed by atoms with Gasteiger partial charge in [0.15, 0.2) is 11.4 Å². The summed E-state index contributed by atoms with van der Waals surface area (Å²) in [5, 5.41) is 0.982. The van der Waals surface area contributed by atoms with Crippen LogP contribution in [0.3, 0.4) is 0 Å². The molecule has 1 aliphatic rings. The molecule has 3 nitrogen and oxygen atoms in total. The van der Waals surface area contributed by atoms with Gasteiger partial charge in [0.25, 0.3) is 0 Å². The minimum absolute atomic E-state index is 0.728. The molecule has 3 rings (SSSR count). The molecule has 0 bridgehead atoms. The number of aldehydes is 1. The first-order chi connectivity index (χ1) is 9.28. The van der Waals surface area contributed by atoms with Gasteiger partial charge >= 0.3 is 0 Å². The van der Waals surface area contributed by atoms with Gasteiger partial charge in [-0.25, -0.2) is 4.98 Å². The summed E-state index contributed by atoms with van der Waals surface area (Å²) in [5.41, 5.74) is 3.06. The van der Waals surface area contributed by atoms with Crippen LogP contribution >= 0.6 is 11.3 Å². The fraction of sp³-hybridized carbons (Fsp3) is 0.333. The quantitative estimate of drug-likeness (QED) is 0.801. The van der Waals surface area contributed by atoms with Crippen LogP contribution in [0.15, 0.2) is 24.3 Å². The molecule has 98 valence electrons. The highest BCUT2D eigenvalue weighted by molar-refractivity contribution is 7.17. The van der Waals surface area contributed by atoms with E-state index in [1.54, 1.807) is 0 Å². The number of rotatable bonds is 3. The Labute approximate surface area is 116 Å². The average Bonchev–Trinajstić information content (AvgIpc) is 3.08. The molecule has 1 aromatic carbocycles. The van der Waals surface area contributed by atoms with E-state index in [0.717, 1.165) is 40.6 Å². The molecule has 0 unspecified atom stereocenters. The third-order valence-electron chi connectivity index (χ3n) is 3.45. The molecular weight excluding hydrogens is 256 g/mol. The first-order valence-electron chi connectivity index (χ1n) is 6.56. The monoisotopic (exact) mass is 272 g/mol. The Morgan fingerprint density at radius 2 is 1.89 bits per heavy atom. The van der Waals surface area contributed by atoms with Crippen LogP contribution in [0.2, 0.25) is 0 Å². The van der Waals surface area contributed by atoms with Crippen LogP contribution in [0.25, 0.3) is 11.3 Å². The minimum atomic E-state index is 0.728. The highest BCUT2D eigenvalue weighted by atomic mass is 32.1. The van der Waals surface area contributed by atoms with Gasteiger partial charge in [-0.15, -0.1) is 0 Å². The number of thiazole rings is 1. The lowest BCUT2D eigenvalue weighted by Gasteiger charge is -2.12. The predicted octanol–water partition coefficient (Wildman–Crippen LogP) is 3.53. The maximum Gasteiger partial charge on any atom is 0.186 e. The van der Waals surface area contributed by atoms with Crippen molar-refractivity contribution in [3.8, 4) is 11.3 Å². The molecule has 0 amide bonds. The summed E-state index contributed by atoms with van der Waals surface area (Å²) >= 11 is 1.50. The number of benzene rings is 1. The Bertz CT molecular complexity index is 583. The van der Waals surface area contributed by atoms with E-state index in [2.05, 4.69) is 28.9 Å². The number of hydrogen-bond acceptors (Lipinski definition) is 4. The van der Waals surface area contributed by atoms with Crippen LogP contribution in [-0.4, -0.2) is 24.4 Å². The van der Waals surface area contributed by atoms with E-state index in [1.165, 1.54) is 29.7 Å².